The van der Waals surface area contributed by atoms with Crippen LogP contribution in [0.1, 0.15) is 52.9 Å². The lowest BCUT2D eigenvalue weighted by Crippen LogP contribution is -2.56. The predicted molar refractivity (Wildman–Crippen MR) is 141 cm³/mol. The number of benzene rings is 1. The molecular weight excluding hydrogens is 478 g/mol. The molecule has 0 aromatic heterocycles. The summed E-state index contributed by atoms with van der Waals surface area (Å²) in [4.78, 5) is 42.6. The van der Waals surface area contributed by atoms with Gasteiger partial charge in [-0.2, -0.15) is 0 Å². The Kier molecular flexibility index (Phi) is 8.50. The number of ether oxygens (including phenoxy) is 1. The van der Waals surface area contributed by atoms with Crippen LogP contribution in [0.3, 0.4) is 0 Å². The predicted octanol–water partition coefficient (Wildman–Crippen LogP) is 3.05. The van der Waals surface area contributed by atoms with E-state index in [0.717, 1.165) is 31.4 Å². The molecule has 1 spiro atoms. The number of nitrogens with one attached hydrogen (secondary N) is 2. The topological polar surface area (TPSA) is 108 Å². The van der Waals surface area contributed by atoms with Crippen molar-refractivity contribution in [1.82, 2.24) is 10.2 Å². The Morgan fingerprint density at radius 3 is 2.58 bits per heavy atom. The van der Waals surface area contributed by atoms with E-state index in [1.807, 2.05) is 19.1 Å². The molecule has 3 amide bonds. The number of rotatable bonds is 12. The molecule has 4 rings (SSSR count). The third kappa shape index (κ3) is 4.72. The first-order valence-corrected chi connectivity index (χ1v) is 14.2. The number of carbonyl (C=O) groups excluding carboxylic acids is 3. The molecule has 9 heteroatoms. The standard InChI is InChI=1S/C27H39N3O5S/c1-4-6-7-13-28-25(33)23-27-17(3)16-20(36-27)21(22(27)26(34)30(23)14-8-15-31)24(32)29-18-9-11-19(12-10-18)35-5-2/h9-12,17,20-23,31H,4-8,13-16H2,1-3H3,(H,28,33)(H,29,32)/t17?,20-,21+,22-,23?,27?/m0/s1. The minimum absolute atomic E-state index is 0.00738. The van der Waals surface area contributed by atoms with E-state index in [1.165, 1.54) is 0 Å². The van der Waals surface area contributed by atoms with Gasteiger partial charge in [-0.15, -0.1) is 11.8 Å². The summed E-state index contributed by atoms with van der Waals surface area (Å²) in [7, 11) is 0. The number of fused-ring (bicyclic) bond motifs is 1. The molecule has 1 aromatic carbocycles. The number of aliphatic hydroxyl groups is 1. The van der Waals surface area contributed by atoms with Gasteiger partial charge in [0, 0.05) is 30.6 Å². The summed E-state index contributed by atoms with van der Waals surface area (Å²) >= 11 is 1.67. The van der Waals surface area contributed by atoms with Crippen LogP contribution >= 0.6 is 11.8 Å². The summed E-state index contributed by atoms with van der Waals surface area (Å²) in [6.45, 7) is 7.55. The Labute approximate surface area is 217 Å². The highest BCUT2D eigenvalue weighted by molar-refractivity contribution is 8.02. The van der Waals surface area contributed by atoms with Crippen LogP contribution in [0.4, 0.5) is 5.69 Å². The molecule has 3 heterocycles. The van der Waals surface area contributed by atoms with Gasteiger partial charge >= 0.3 is 0 Å². The molecular formula is C27H39N3O5S. The lowest BCUT2D eigenvalue weighted by Gasteiger charge is -2.38. The molecule has 3 unspecified atom stereocenters. The fourth-order valence-corrected chi connectivity index (χ4v) is 8.73. The summed E-state index contributed by atoms with van der Waals surface area (Å²) in [6, 6.07) is 6.61. The van der Waals surface area contributed by atoms with E-state index in [1.54, 1.807) is 28.8 Å². The number of hydrogen-bond acceptors (Lipinski definition) is 6. The maximum absolute atomic E-state index is 13.9. The van der Waals surface area contributed by atoms with Crippen molar-refractivity contribution in [2.75, 3.05) is 31.6 Å². The lowest BCUT2D eigenvalue weighted by atomic mass is 9.66. The summed E-state index contributed by atoms with van der Waals surface area (Å²) < 4.78 is 4.85. The number of hydrogen-bond donors (Lipinski definition) is 3. The van der Waals surface area contributed by atoms with Gasteiger partial charge in [-0.05, 0) is 56.4 Å². The zero-order valence-corrected chi connectivity index (χ0v) is 22.3. The zero-order valence-electron chi connectivity index (χ0n) is 21.5. The Balaban J connectivity index is 1.58. The molecule has 0 radical (unpaired) electrons. The summed E-state index contributed by atoms with van der Waals surface area (Å²) in [6.07, 6.45) is 4.19. The van der Waals surface area contributed by atoms with Crippen molar-refractivity contribution in [2.45, 2.75) is 68.9 Å². The number of nitrogens with zero attached hydrogens (tertiary/aromatic N) is 1. The average Bonchev–Trinajstić information content (AvgIpc) is 3.45. The minimum atomic E-state index is -0.632. The average molecular weight is 518 g/mol. The molecule has 36 heavy (non-hydrogen) atoms. The van der Waals surface area contributed by atoms with Crippen LogP contribution in [0.15, 0.2) is 24.3 Å². The van der Waals surface area contributed by atoms with Crippen molar-refractivity contribution >= 4 is 35.2 Å². The smallest absolute Gasteiger partial charge is 0.244 e. The first-order chi connectivity index (χ1) is 17.4. The van der Waals surface area contributed by atoms with Gasteiger partial charge < -0.3 is 25.4 Å². The van der Waals surface area contributed by atoms with E-state index in [2.05, 4.69) is 24.5 Å². The SMILES string of the molecule is CCCCCNC(=O)C1N(CCCO)C(=O)[C@@H]2[C@H](C(=O)Nc3ccc(OCC)cc3)[C@@H]3CC(C)C12S3. The van der Waals surface area contributed by atoms with Crippen molar-refractivity contribution in [2.24, 2.45) is 17.8 Å². The molecule has 3 aliphatic rings. The molecule has 3 aliphatic heterocycles. The van der Waals surface area contributed by atoms with Crippen LogP contribution in [0.2, 0.25) is 0 Å². The van der Waals surface area contributed by atoms with E-state index in [0.29, 0.717) is 31.8 Å². The number of aliphatic hydroxyl groups excluding tert-OH is 1. The molecule has 0 saturated carbocycles. The van der Waals surface area contributed by atoms with E-state index in [9.17, 15) is 19.5 Å². The monoisotopic (exact) mass is 517 g/mol. The number of thioether (sulfide) groups is 1. The van der Waals surface area contributed by atoms with Crippen LogP contribution in [-0.4, -0.2) is 70.1 Å². The highest BCUT2D eigenvalue weighted by Crippen LogP contribution is 2.68. The van der Waals surface area contributed by atoms with Crippen LogP contribution < -0.4 is 15.4 Å². The number of likely N-dealkylation sites (tertiary alicyclic amines) is 1. The van der Waals surface area contributed by atoms with Gasteiger partial charge in [0.25, 0.3) is 0 Å². The van der Waals surface area contributed by atoms with Crippen LogP contribution in [0, 0.1) is 17.8 Å². The third-order valence-corrected chi connectivity index (χ3v) is 9.94. The van der Waals surface area contributed by atoms with Crippen LogP contribution in [0.5, 0.6) is 5.75 Å². The maximum atomic E-state index is 13.9. The van der Waals surface area contributed by atoms with Gasteiger partial charge in [0.2, 0.25) is 17.7 Å². The van der Waals surface area contributed by atoms with Crippen molar-refractivity contribution in [3.8, 4) is 5.75 Å². The van der Waals surface area contributed by atoms with Gasteiger partial charge in [-0.3, -0.25) is 14.4 Å². The Morgan fingerprint density at radius 1 is 1.17 bits per heavy atom. The first kappa shape index (κ1) is 26.8. The summed E-state index contributed by atoms with van der Waals surface area (Å²) in [5, 5.41) is 15.5. The number of unbranched alkanes of at least 4 members (excludes halogenated alkanes) is 2. The van der Waals surface area contributed by atoms with Gasteiger partial charge in [0.05, 0.1) is 23.2 Å². The first-order valence-electron chi connectivity index (χ1n) is 13.3. The molecule has 198 valence electrons. The second kappa shape index (κ2) is 11.4. The minimum Gasteiger partial charge on any atom is -0.494 e. The number of carbonyl (C=O) groups is 3. The molecule has 3 fully saturated rings. The molecule has 6 atom stereocenters. The molecule has 8 nitrogen and oxygen atoms in total. The highest BCUT2D eigenvalue weighted by Gasteiger charge is 2.75. The van der Waals surface area contributed by atoms with Gasteiger partial charge in [0.1, 0.15) is 11.8 Å². The Morgan fingerprint density at radius 2 is 1.92 bits per heavy atom. The quantitative estimate of drug-likeness (QED) is 0.368. The highest BCUT2D eigenvalue weighted by atomic mass is 32.2. The van der Waals surface area contributed by atoms with E-state index in [-0.39, 0.29) is 35.5 Å². The van der Waals surface area contributed by atoms with Crippen LogP contribution in [-0.2, 0) is 14.4 Å². The summed E-state index contributed by atoms with van der Waals surface area (Å²) in [5.74, 6) is -0.629. The molecule has 2 bridgehead atoms. The second-order valence-corrected chi connectivity index (χ2v) is 11.7. The van der Waals surface area contributed by atoms with E-state index < -0.39 is 22.6 Å². The fourth-order valence-electron chi connectivity index (χ4n) is 6.31. The molecule has 1 aromatic rings. The second-order valence-electron chi connectivity index (χ2n) is 10.1. The fraction of sp³-hybridized carbons (Fsp3) is 0.667. The van der Waals surface area contributed by atoms with Crippen molar-refractivity contribution in [1.29, 1.82) is 0 Å². The third-order valence-electron chi connectivity index (χ3n) is 7.87. The number of anilines is 1. The number of amides is 3. The molecule has 3 saturated heterocycles. The largest absolute Gasteiger partial charge is 0.494 e. The van der Waals surface area contributed by atoms with Crippen molar-refractivity contribution < 1.29 is 24.2 Å². The van der Waals surface area contributed by atoms with E-state index >= 15 is 0 Å². The normalized spacial score (nSPS) is 30.4. The summed E-state index contributed by atoms with van der Waals surface area (Å²) in [5.41, 5.74) is 0.658. The zero-order chi connectivity index (χ0) is 25.9. The van der Waals surface area contributed by atoms with Crippen molar-refractivity contribution in [3.63, 3.8) is 0 Å². The molecule has 0 aliphatic carbocycles. The van der Waals surface area contributed by atoms with Crippen LogP contribution in [0.25, 0.3) is 0 Å². The van der Waals surface area contributed by atoms with Gasteiger partial charge in [-0.1, -0.05) is 26.7 Å². The van der Waals surface area contributed by atoms with Gasteiger partial charge in [0.15, 0.2) is 0 Å². The van der Waals surface area contributed by atoms with Crippen molar-refractivity contribution in [3.05, 3.63) is 24.3 Å². The Hall–Kier alpha value is -2.26. The molecule has 3 N–H and O–H groups in total. The Bertz CT molecular complexity index is 957. The maximum Gasteiger partial charge on any atom is 0.244 e. The lowest BCUT2D eigenvalue weighted by molar-refractivity contribution is -0.139. The van der Waals surface area contributed by atoms with Gasteiger partial charge in [-0.25, -0.2) is 0 Å². The van der Waals surface area contributed by atoms with E-state index in [4.69, 9.17) is 4.74 Å².